The van der Waals surface area contributed by atoms with Gasteiger partial charge in [0.25, 0.3) is 0 Å². The lowest BCUT2D eigenvalue weighted by atomic mass is 9.33. The van der Waals surface area contributed by atoms with Gasteiger partial charge in [0.05, 0.1) is 18.8 Å². The van der Waals surface area contributed by atoms with Gasteiger partial charge in [-0.15, -0.1) is 0 Å². The summed E-state index contributed by atoms with van der Waals surface area (Å²) in [6.07, 6.45) is 13.0. The predicted molar refractivity (Wildman–Crippen MR) is 146 cm³/mol. The molecule has 5 aliphatic rings. The molecule has 0 aliphatic heterocycles. The number of halogens is 1. The van der Waals surface area contributed by atoms with Crippen LogP contribution in [0.15, 0.2) is 11.6 Å². The van der Waals surface area contributed by atoms with Crippen LogP contribution in [-0.4, -0.2) is 29.0 Å². The van der Waals surface area contributed by atoms with Crippen LogP contribution >= 0.6 is 23.0 Å². The molecule has 4 fully saturated rings. The van der Waals surface area contributed by atoms with Gasteiger partial charge in [-0.3, -0.25) is 0 Å². The van der Waals surface area contributed by atoms with Crippen molar-refractivity contribution in [1.29, 1.82) is 0 Å². The lowest BCUT2D eigenvalue weighted by molar-refractivity contribution is -0.211. The summed E-state index contributed by atoms with van der Waals surface area (Å²) in [5.41, 5.74) is 2.46. The second kappa shape index (κ2) is 7.93. The summed E-state index contributed by atoms with van der Waals surface area (Å²) < 4.78 is 5.93. The van der Waals surface area contributed by atoms with E-state index in [1.54, 1.807) is 5.57 Å². The number of hydrogen-bond acceptors (Lipinski definition) is 3. The van der Waals surface area contributed by atoms with Gasteiger partial charge < -0.3 is 13.3 Å². The molecular formula is C30H49IO3. The molecule has 5 rings (SSSR count). The highest BCUT2D eigenvalue weighted by Gasteiger charge is 2.69. The lowest BCUT2D eigenvalue weighted by Crippen LogP contribution is -2.66. The van der Waals surface area contributed by atoms with E-state index in [1.807, 2.05) is 0 Å². The maximum Gasteiger partial charge on any atom is 0.110 e. The van der Waals surface area contributed by atoms with Crippen molar-refractivity contribution in [1.82, 2.24) is 0 Å². The topological polar surface area (TPSA) is 49.7 Å². The molecule has 5 aliphatic carbocycles. The fourth-order valence-electron chi connectivity index (χ4n) is 10.8. The Hall–Kier alpha value is 0.350. The van der Waals surface area contributed by atoms with Crippen LogP contribution in [0.1, 0.15) is 106 Å². The lowest BCUT2D eigenvalue weighted by Gasteiger charge is -2.71. The third-order valence-electron chi connectivity index (χ3n) is 13.3. The van der Waals surface area contributed by atoms with Crippen LogP contribution in [0.2, 0.25) is 0 Å². The molecule has 3 unspecified atom stereocenters. The third-order valence-corrected chi connectivity index (χ3v) is 13.9. The summed E-state index contributed by atoms with van der Waals surface area (Å²) in [7, 11) is 0. The van der Waals surface area contributed by atoms with E-state index < -0.39 is 0 Å². The standard InChI is InChI=1S/C30H49IO3/c1-25(2)16-20-19-8-9-22-27(4)12-11-24(34-31)28(5,18-32)21(27)10-13-30(22,7)29(19,6)15-14-26(20,3)23(33)17-25/h8,20-24,32-33H,9-18H2,1-7H3/t20?,21?,22?,23-,24+,26-,27+,28-,29-,30-/m1/s1. The minimum absolute atomic E-state index is 0.0241. The molecule has 0 saturated heterocycles. The highest BCUT2D eigenvalue weighted by atomic mass is 127. The fourth-order valence-corrected chi connectivity index (χ4v) is 11.7. The molecule has 0 aromatic rings. The van der Waals surface area contributed by atoms with E-state index in [9.17, 15) is 10.2 Å². The number of allylic oxidation sites excluding steroid dienone is 2. The summed E-state index contributed by atoms with van der Waals surface area (Å²) in [5, 5.41) is 22.0. The number of rotatable bonds is 2. The molecule has 10 atom stereocenters. The Morgan fingerprint density at radius 3 is 2.26 bits per heavy atom. The predicted octanol–water partition coefficient (Wildman–Crippen LogP) is 7.49. The molecule has 0 heterocycles. The summed E-state index contributed by atoms with van der Waals surface area (Å²) in [5.74, 6) is 1.64. The quantitative estimate of drug-likeness (QED) is 0.261. The van der Waals surface area contributed by atoms with Gasteiger partial charge in [0.15, 0.2) is 0 Å². The molecule has 34 heavy (non-hydrogen) atoms. The summed E-state index contributed by atoms with van der Waals surface area (Å²) in [6.45, 7) is 17.4. The maximum absolute atomic E-state index is 11.3. The van der Waals surface area contributed by atoms with Crippen molar-refractivity contribution in [3.05, 3.63) is 11.6 Å². The average molecular weight is 585 g/mol. The van der Waals surface area contributed by atoms with E-state index in [2.05, 4.69) is 77.5 Å². The van der Waals surface area contributed by atoms with Crippen molar-refractivity contribution in [3.63, 3.8) is 0 Å². The molecular weight excluding hydrogens is 535 g/mol. The van der Waals surface area contributed by atoms with Gasteiger partial charge in [-0.1, -0.05) is 60.1 Å². The first-order valence-electron chi connectivity index (χ1n) is 14.0. The van der Waals surface area contributed by atoms with Gasteiger partial charge in [0.2, 0.25) is 0 Å². The van der Waals surface area contributed by atoms with Crippen LogP contribution in [-0.2, 0) is 3.07 Å². The minimum Gasteiger partial charge on any atom is -0.396 e. The number of aliphatic hydroxyl groups excluding tert-OH is 2. The number of fused-ring (bicyclic) bond motifs is 7. The van der Waals surface area contributed by atoms with Gasteiger partial charge >= 0.3 is 0 Å². The normalized spacial score (nSPS) is 56.4. The van der Waals surface area contributed by atoms with Crippen LogP contribution in [0.25, 0.3) is 0 Å². The number of hydrogen-bond donors (Lipinski definition) is 2. The Morgan fingerprint density at radius 1 is 0.912 bits per heavy atom. The zero-order valence-electron chi connectivity index (χ0n) is 22.7. The molecule has 0 aromatic heterocycles. The SMILES string of the molecule is CC1(C)CC2C3=CCC4[C@@]5(C)CC[C@H](OI)[C@](C)(CO)C5CC[C@@]4(C)[C@]3(C)CC[C@@]2(C)[C@H](O)C1. The summed E-state index contributed by atoms with van der Waals surface area (Å²) >= 11 is 2.07. The Kier molecular flexibility index (Phi) is 6.06. The van der Waals surface area contributed by atoms with E-state index >= 15 is 0 Å². The highest BCUT2D eigenvalue weighted by molar-refractivity contribution is 14.1. The Morgan fingerprint density at radius 2 is 1.62 bits per heavy atom. The molecule has 2 N–H and O–H groups in total. The summed E-state index contributed by atoms with van der Waals surface area (Å²) in [6, 6.07) is 0. The molecule has 3 nitrogen and oxygen atoms in total. The Bertz CT molecular complexity index is 869. The fraction of sp³-hybridized carbons (Fsp3) is 0.933. The van der Waals surface area contributed by atoms with E-state index in [0.717, 1.165) is 25.7 Å². The van der Waals surface area contributed by atoms with Gasteiger partial charge in [0, 0.05) is 10.8 Å². The zero-order chi connectivity index (χ0) is 24.9. The third kappa shape index (κ3) is 3.16. The van der Waals surface area contributed by atoms with E-state index in [0.29, 0.717) is 17.8 Å². The molecule has 0 radical (unpaired) electrons. The van der Waals surface area contributed by atoms with Crippen LogP contribution in [0.4, 0.5) is 0 Å². The molecule has 0 amide bonds. The molecule has 4 saturated carbocycles. The number of aliphatic hydroxyl groups is 2. The second-order valence-electron chi connectivity index (χ2n) is 15.2. The van der Waals surface area contributed by atoms with Crippen molar-refractivity contribution in [2.75, 3.05) is 6.61 Å². The first-order chi connectivity index (χ1) is 15.7. The molecule has 0 spiro atoms. The van der Waals surface area contributed by atoms with Crippen LogP contribution in [0.3, 0.4) is 0 Å². The van der Waals surface area contributed by atoms with Crippen molar-refractivity contribution in [2.45, 2.75) is 118 Å². The smallest absolute Gasteiger partial charge is 0.110 e. The van der Waals surface area contributed by atoms with Gasteiger partial charge in [-0.05, 0) is 97.2 Å². The first kappa shape index (κ1) is 26.0. The van der Waals surface area contributed by atoms with E-state index in [-0.39, 0.29) is 51.3 Å². The van der Waals surface area contributed by atoms with Crippen LogP contribution < -0.4 is 0 Å². The van der Waals surface area contributed by atoms with Gasteiger partial charge in [-0.25, -0.2) is 0 Å². The van der Waals surface area contributed by atoms with Crippen LogP contribution in [0, 0.1) is 50.2 Å². The zero-order valence-corrected chi connectivity index (χ0v) is 24.9. The van der Waals surface area contributed by atoms with Crippen molar-refractivity contribution in [2.24, 2.45) is 50.2 Å². The monoisotopic (exact) mass is 584 g/mol. The summed E-state index contributed by atoms with van der Waals surface area (Å²) in [4.78, 5) is 0. The van der Waals surface area contributed by atoms with Crippen molar-refractivity contribution in [3.8, 4) is 0 Å². The molecule has 4 heteroatoms. The van der Waals surface area contributed by atoms with Crippen LogP contribution in [0.5, 0.6) is 0 Å². The molecule has 0 aromatic carbocycles. The molecule has 194 valence electrons. The maximum atomic E-state index is 11.3. The van der Waals surface area contributed by atoms with Gasteiger partial charge in [0.1, 0.15) is 23.0 Å². The average Bonchev–Trinajstić information content (AvgIpc) is 2.75. The minimum atomic E-state index is -0.195. The first-order valence-corrected chi connectivity index (χ1v) is 14.9. The van der Waals surface area contributed by atoms with E-state index in [4.69, 9.17) is 3.07 Å². The highest BCUT2D eigenvalue weighted by Crippen LogP contribution is 2.75. The second-order valence-corrected chi connectivity index (χ2v) is 15.7. The van der Waals surface area contributed by atoms with Gasteiger partial charge in [-0.2, -0.15) is 0 Å². The van der Waals surface area contributed by atoms with Crippen molar-refractivity contribution >= 4 is 23.0 Å². The molecule has 0 bridgehead atoms. The van der Waals surface area contributed by atoms with Crippen molar-refractivity contribution < 1.29 is 13.3 Å². The Labute approximate surface area is 222 Å². The Balaban J connectivity index is 1.57. The van der Waals surface area contributed by atoms with E-state index in [1.165, 1.54) is 32.1 Å². The largest absolute Gasteiger partial charge is 0.396 e.